The number of aryl methyl sites for hydroxylation is 1. The van der Waals surface area contributed by atoms with E-state index < -0.39 is 9.84 Å². The van der Waals surface area contributed by atoms with Crippen molar-refractivity contribution in [3.05, 3.63) is 65.5 Å². The number of nitrogens with zero attached hydrogens (tertiary/aromatic N) is 2. The van der Waals surface area contributed by atoms with Crippen molar-refractivity contribution >= 4 is 38.4 Å². The summed E-state index contributed by atoms with van der Waals surface area (Å²) in [6.07, 6.45) is 0. The monoisotopic (exact) mass is 404 g/mol. The van der Waals surface area contributed by atoms with Crippen molar-refractivity contribution in [2.75, 3.05) is 16.4 Å². The van der Waals surface area contributed by atoms with Crippen LogP contribution in [0.25, 0.3) is 0 Å². The third kappa shape index (κ3) is 3.64. The van der Waals surface area contributed by atoms with Gasteiger partial charge in [-0.2, -0.15) is 4.99 Å². The van der Waals surface area contributed by atoms with E-state index >= 15 is 0 Å². The first-order chi connectivity index (χ1) is 12.8. The molecule has 0 N–H and O–H groups in total. The molecule has 2 atom stereocenters. The maximum atomic E-state index is 13.3. The molecule has 4 rings (SSSR count). The van der Waals surface area contributed by atoms with E-state index in [-0.39, 0.29) is 34.5 Å². The maximum Gasteiger partial charge on any atom is 0.279 e. The number of thioether (sulfide) groups is 1. The minimum atomic E-state index is -3.14. The largest absolute Gasteiger partial charge is 0.316 e. The van der Waals surface area contributed by atoms with Crippen LogP contribution in [-0.4, -0.2) is 42.3 Å². The van der Waals surface area contributed by atoms with E-state index in [1.807, 2.05) is 13.0 Å². The number of hydrogen-bond donors (Lipinski definition) is 0. The van der Waals surface area contributed by atoms with E-state index in [9.17, 15) is 17.6 Å². The van der Waals surface area contributed by atoms with E-state index in [1.54, 1.807) is 35.2 Å². The zero-order valence-corrected chi connectivity index (χ0v) is 16.1. The molecule has 2 aliphatic rings. The number of sulfone groups is 1. The van der Waals surface area contributed by atoms with Gasteiger partial charge in [0.2, 0.25) is 0 Å². The molecular formula is C19H17FN2O3S2. The van der Waals surface area contributed by atoms with Gasteiger partial charge in [0.25, 0.3) is 5.91 Å². The number of rotatable bonds is 2. The van der Waals surface area contributed by atoms with Gasteiger partial charge in [-0.05, 0) is 43.3 Å². The molecule has 0 saturated carbocycles. The zero-order chi connectivity index (χ0) is 19.2. The highest BCUT2D eigenvalue weighted by Crippen LogP contribution is 2.41. The minimum Gasteiger partial charge on any atom is -0.316 e. The lowest BCUT2D eigenvalue weighted by Gasteiger charge is -2.24. The summed E-state index contributed by atoms with van der Waals surface area (Å²) in [6.45, 7) is 1.90. The summed E-state index contributed by atoms with van der Waals surface area (Å²) in [6, 6.07) is 12.6. The Balaban J connectivity index is 1.72. The first-order valence-electron chi connectivity index (χ1n) is 8.44. The van der Waals surface area contributed by atoms with Crippen LogP contribution in [0.3, 0.4) is 0 Å². The van der Waals surface area contributed by atoms with E-state index in [2.05, 4.69) is 4.99 Å². The number of amidine groups is 1. The Morgan fingerprint density at radius 1 is 1.19 bits per heavy atom. The van der Waals surface area contributed by atoms with Crippen LogP contribution < -0.4 is 4.90 Å². The quantitative estimate of drug-likeness (QED) is 0.770. The molecule has 2 aliphatic heterocycles. The van der Waals surface area contributed by atoms with Crippen LogP contribution in [0.2, 0.25) is 0 Å². The Morgan fingerprint density at radius 2 is 1.93 bits per heavy atom. The number of halogens is 1. The average molecular weight is 404 g/mol. The van der Waals surface area contributed by atoms with Gasteiger partial charge in [-0.15, -0.1) is 0 Å². The van der Waals surface area contributed by atoms with Crippen LogP contribution in [0, 0.1) is 12.7 Å². The molecule has 2 fully saturated rings. The lowest BCUT2D eigenvalue weighted by molar-refractivity contribution is 0.100. The van der Waals surface area contributed by atoms with Gasteiger partial charge < -0.3 is 4.90 Å². The van der Waals surface area contributed by atoms with Crippen LogP contribution in [0.1, 0.15) is 15.9 Å². The van der Waals surface area contributed by atoms with Crippen LogP contribution in [0.5, 0.6) is 0 Å². The summed E-state index contributed by atoms with van der Waals surface area (Å²) in [7, 11) is -3.14. The fourth-order valence-corrected chi connectivity index (χ4v) is 7.31. The summed E-state index contributed by atoms with van der Waals surface area (Å²) in [5.74, 6) is -0.705. The van der Waals surface area contributed by atoms with E-state index in [0.29, 0.717) is 16.4 Å². The molecule has 0 radical (unpaired) electrons. The number of carbonyl (C=O) groups is 1. The standard InChI is InChI=1S/C19H17FN2O3S2/c1-12-3-2-4-13(9-12)18(23)21-19-22(15-7-5-14(20)6-8-15)16-10-27(24,25)11-17(16)26-19/h2-9,16-17H,10-11H2,1H3/t16-,17-/m1/s1. The number of amides is 1. The number of hydrogen-bond acceptors (Lipinski definition) is 4. The molecular weight excluding hydrogens is 387 g/mol. The first kappa shape index (κ1) is 18.2. The van der Waals surface area contributed by atoms with Gasteiger partial charge in [0.15, 0.2) is 15.0 Å². The molecule has 0 aliphatic carbocycles. The summed E-state index contributed by atoms with van der Waals surface area (Å²) < 4.78 is 37.4. The second kappa shape index (κ2) is 6.76. The Hall–Kier alpha value is -2.19. The summed E-state index contributed by atoms with van der Waals surface area (Å²) >= 11 is 1.30. The van der Waals surface area contributed by atoms with Gasteiger partial charge in [-0.1, -0.05) is 29.5 Å². The highest BCUT2D eigenvalue weighted by atomic mass is 32.2. The Morgan fingerprint density at radius 3 is 2.63 bits per heavy atom. The highest BCUT2D eigenvalue weighted by Gasteiger charge is 2.49. The van der Waals surface area contributed by atoms with Crippen LogP contribution in [0.15, 0.2) is 53.5 Å². The van der Waals surface area contributed by atoms with Crippen molar-refractivity contribution in [1.82, 2.24) is 0 Å². The second-order valence-electron chi connectivity index (χ2n) is 6.72. The van der Waals surface area contributed by atoms with Crippen molar-refractivity contribution in [2.45, 2.75) is 18.2 Å². The molecule has 5 nitrogen and oxygen atoms in total. The molecule has 1 amide bonds. The van der Waals surface area contributed by atoms with Gasteiger partial charge in [0.1, 0.15) is 5.82 Å². The van der Waals surface area contributed by atoms with Crippen molar-refractivity contribution in [3.8, 4) is 0 Å². The molecule has 0 spiro atoms. The average Bonchev–Trinajstić information content (AvgIpc) is 3.07. The third-order valence-electron chi connectivity index (χ3n) is 4.63. The smallest absolute Gasteiger partial charge is 0.279 e. The van der Waals surface area contributed by atoms with Gasteiger partial charge in [0, 0.05) is 16.5 Å². The number of benzene rings is 2. The van der Waals surface area contributed by atoms with Crippen molar-refractivity contribution < 1.29 is 17.6 Å². The first-order valence-corrected chi connectivity index (χ1v) is 11.1. The predicted molar refractivity (Wildman–Crippen MR) is 106 cm³/mol. The van der Waals surface area contributed by atoms with Gasteiger partial charge in [-0.3, -0.25) is 4.79 Å². The Bertz CT molecular complexity index is 1040. The molecule has 2 saturated heterocycles. The van der Waals surface area contributed by atoms with Crippen LogP contribution in [0.4, 0.5) is 10.1 Å². The molecule has 0 aromatic heterocycles. The molecule has 2 aromatic carbocycles. The normalized spacial score (nSPS) is 25.0. The van der Waals surface area contributed by atoms with Crippen molar-refractivity contribution in [3.63, 3.8) is 0 Å². The summed E-state index contributed by atoms with van der Waals surface area (Å²) in [5.41, 5.74) is 2.06. The van der Waals surface area contributed by atoms with Gasteiger partial charge >= 0.3 is 0 Å². The van der Waals surface area contributed by atoms with Gasteiger partial charge in [-0.25, -0.2) is 12.8 Å². The predicted octanol–water partition coefficient (Wildman–Crippen LogP) is 3.05. The fourth-order valence-electron chi connectivity index (χ4n) is 3.40. The minimum absolute atomic E-state index is 0.000299. The maximum absolute atomic E-state index is 13.3. The van der Waals surface area contributed by atoms with E-state index in [0.717, 1.165) is 5.56 Å². The molecule has 0 bridgehead atoms. The van der Waals surface area contributed by atoms with Crippen molar-refractivity contribution in [1.29, 1.82) is 0 Å². The third-order valence-corrected chi connectivity index (χ3v) is 7.84. The van der Waals surface area contributed by atoms with E-state index in [1.165, 1.54) is 23.9 Å². The molecule has 2 heterocycles. The summed E-state index contributed by atoms with van der Waals surface area (Å²) in [5, 5.41) is 0.266. The molecule has 8 heteroatoms. The number of anilines is 1. The number of carbonyl (C=O) groups excluding carboxylic acids is 1. The Labute approximate surface area is 161 Å². The lowest BCUT2D eigenvalue weighted by atomic mass is 10.1. The summed E-state index contributed by atoms with van der Waals surface area (Å²) in [4.78, 5) is 18.7. The van der Waals surface area contributed by atoms with Crippen LogP contribution >= 0.6 is 11.8 Å². The van der Waals surface area contributed by atoms with Gasteiger partial charge in [0.05, 0.1) is 17.5 Å². The van der Waals surface area contributed by atoms with Crippen LogP contribution in [-0.2, 0) is 9.84 Å². The SMILES string of the molecule is Cc1cccc(C(=O)N=C2S[C@@H]3CS(=O)(=O)C[C@H]3N2c2ccc(F)cc2)c1. The topological polar surface area (TPSA) is 66.8 Å². The van der Waals surface area contributed by atoms with E-state index in [4.69, 9.17) is 0 Å². The zero-order valence-electron chi connectivity index (χ0n) is 14.5. The molecule has 140 valence electrons. The Kier molecular flexibility index (Phi) is 4.55. The lowest BCUT2D eigenvalue weighted by Crippen LogP contribution is -2.37. The number of fused-ring (bicyclic) bond motifs is 1. The number of aliphatic imine (C=N–C) groups is 1. The highest BCUT2D eigenvalue weighted by molar-refractivity contribution is 8.16. The molecule has 2 aromatic rings. The van der Waals surface area contributed by atoms with Crippen molar-refractivity contribution in [2.24, 2.45) is 4.99 Å². The second-order valence-corrected chi connectivity index (χ2v) is 10.1. The molecule has 27 heavy (non-hydrogen) atoms. The fraction of sp³-hybridized carbons (Fsp3) is 0.263. The molecule has 0 unspecified atom stereocenters.